The second-order valence-corrected chi connectivity index (χ2v) is 4.73. The first-order valence-electron chi connectivity index (χ1n) is 4.93. The lowest BCUT2D eigenvalue weighted by atomic mass is 10.1. The van der Waals surface area contributed by atoms with Crippen molar-refractivity contribution in [2.24, 2.45) is 0 Å². The zero-order valence-electron chi connectivity index (χ0n) is 9.12. The first-order valence-corrected chi connectivity index (χ1v) is 6.06. The summed E-state index contributed by atoms with van der Waals surface area (Å²) in [6, 6.07) is 2.94. The summed E-state index contributed by atoms with van der Waals surface area (Å²) in [5.41, 5.74) is -0.984. The number of aromatic amines is 1. The second-order valence-electron chi connectivity index (χ2n) is 3.56. The van der Waals surface area contributed by atoms with Gasteiger partial charge in [-0.3, -0.25) is 14.9 Å². The molecule has 2 rings (SSSR count). The smallest absolute Gasteiger partial charge is 0.332 e. The lowest BCUT2D eigenvalue weighted by Crippen LogP contribution is -2.11. The number of halogens is 3. The summed E-state index contributed by atoms with van der Waals surface area (Å²) in [5, 5.41) is 11.1. The van der Waals surface area contributed by atoms with Crippen LogP contribution in [0.25, 0.3) is 11.1 Å². The maximum atomic E-state index is 12.0. The second kappa shape index (κ2) is 5.21. The molecule has 0 amide bonds. The maximum absolute atomic E-state index is 12.0. The summed E-state index contributed by atoms with van der Waals surface area (Å²) in [7, 11) is 0. The highest BCUT2D eigenvalue weighted by molar-refractivity contribution is 6.49. The van der Waals surface area contributed by atoms with Crippen LogP contribution in [0.3, 0.4) is 0 Å². The predicted octanol–water partition coefficient (Wildman–Crippen LogP) is 3.91. The molecule has 5 nitrogen and oxygen atoms in total. The number of hydrogen-bond donors (Lipinski definition) is 1. The quantitative estimate of drug-likeness (QED) is 0.518. The summed E-state index contributed by atoms with van der Waals surface area (Å²) < 4.78 is 0. The van der Waals surface area contributed by atoms with Gasteiger partial charge in [0.1, 0.15) is 0 Å². The van der Waals surface area contributed by atoms with Crippen molar-refractivity contribution in [3.05, 3.63) is 59.9 Å². The van der Waals surface area contributed by atoms with E-state index in [0.29, 0.717) is 0 Å². The fraction of sp³-hybridized carbons (Fsp3) is 0. The fourth-order valence-corrected chi connectivity index (χ4v) is 2.18. The van der Waals surface area contributed by atoms with Gasteiger partial charge in [0.15, 0.2) is 0 Å². The molecule has 0 spiro atoms. The van der Waals surface area contributed by atoms with E-state index in [0.717, 1.165) is 6.20 Å². The summed E-state index contributed by atoms with van der Waals surface area (Å²) >= 11 is 17.7. The van der Waals surface area contributed by atoms with Crippen LogP contribution >= 0.6 is 34.8 Å². The van der Waals surface area contributed by atoms with E-state index in [4.69, 9.17) is 34.8 Å². The summed E-state index contributed by atoms with van der Waals surface area (Å²) in [6.07, 6.45) is 2.33. The molecule has 0 saturated heterocycles. The average Bonchev–Trinajstić information content (AvgIpc) is 2.37. The Balaban J connectivity index is 2.74. The molecular formula is C11H5Cl3N2O3. The Morgan fingerprint density at radius 3 is 2.37 bits per heavy atom. The average molecular weight is 320 g/mol. The van der Waals surface area contributed by atoms with Crippen LogP contribution in [0.15, 0.2) is 29.3 Å². The molecule has 0 radical (unpaired) electrons. The molecule has 0 saturated carbocycles. The van der Waals surface area contributed by atoms with Crippen LogP contribution < -0.4 is 5.43 Å². The monoisotopic (exact) mass is 318 g/mol. The maximum Gasteiger partial charge on any atom is 0.332 e. The highest BCUT2D eigenvalue weighted by Crippen LogP contribution is 2.37. The van der Waals surface area contributed by atoms with Gasteiger partial charge in [-0.2, -0.15) is 0 Å². The predicted molar refractivity (Wildman–Crippen MR) is 74.2 cm³/mol. The Labute approximate surface area is 121 Å². The van der Waals surface area contributed by atoms with Crippen molar-refractivity contribution >= 4 is 40.5 Å². The zero-order chi connectivity index (χ0) is 14.2. The van der Waals surface area contributed by atoms with Gasteiger partial charge in [-0.05, 0) is 6.07 Å². The van der Waals surface area contributed by atoms with Gasteiger partial charge in [-0.25, -0.2) is 0 Å². The van der Waals surface area contributed by atoms with E-state index >= 15 is 0 Å². The first-order chi connectivity index (χ1) is 8.93. The van der Waals surface area contributed by atoms with Crippen LogP contribution in [0.5, 0.6) is 0 Å². The normalized spacial score (nSPS) is 10.5. The Bertz CT molecular complexity index is 728. The zero-order valence-corrected chi connectivity index (χ0v) is 11.4. The van der Waals surface area contributed by atoms with Crippen molar-refractivity contribution in [1.82, 2.24) is 4.98 Å². The van der Waals surface area contributed by atoms with E-state index in [1.165, 1.54) is 18.3 Å². The van der Waals surface area contributed by atoms with Gasteiger partial charge in [0.25, 0.3) is 5.43 Å². The molecule has 0 bridgehead atoms. The van der Waals surface area contributed by atoms with Gasteiger partial charge in [-0.1, -0.05) is 40.9 Å². The number of nitrogens with zero attached hydrogens (tertiary/aromatic N) is 1. The standard InChI is InChI=1S/C11H5Cl3N2O3/c12-7-2-1-5(9(13)10(7)14)6-3-15-4-8(11(6)17)16(18)19/h1-4H,(H,15,17). The summed E-state index contributed by atoms with van der Waals surface area (Å²) in [5.74, 6) is 0. The van der Waals surface area contributed by atoms with Crippen LogP contribution in [0.2, 0.25) is 15.1 Å². The number of aromatic nitrogens is 1. The van der Waals surface area contributed by atoms with E-state index in [1.54, 1.807) is 0 Å². The summed E-state index contributed by atoms with van der Waals surface area (Å²) in [6.45, 7) is 0. The van der Waals surface area contributed by atoms with Gasteiger partial charge in [0.05, 0.1) is 31.8 Å². The number of nitro groups is 1. The molecule has 8 heteroatoms. The minimum atomic E-state index is -0.770. The number of benzene rings is 1. The van der Waals surface area contributed by atoms with Crippen LogP contribution in [-0.4, -0.2) is 9.91 Å². The molecule has 0 aliphatic rings. The van der Waals surface area contributed by atoms with E-state index in [2.05, 4.69) is 4.98 Å². The Kier molecular flexibility index (Phi) is 3.80. The minimum Gasteiger partial charge on any atom is -0.361 e. The molecule has 1 N–H and O–H groups in total. The van der Waals surface area contributed by atoms with Crippen molar-refractivity contribution in [2.45, 2.75) is 0 Å². The number of H-pyrrole nitrogens is 1. The molecule has 0 fully saturated rings. The van der Waals surface area contributed by atoms with Crippen molar-refractivity contribution in [1.29, 1.82) is 0 Å². The van der Waals surface area contributed by atoms with Gasteiger partial charge >= 0.3 is 5.69 Å². The Morgan fingerprint density at radius 1 is 1.05 bits per heavy atom. The molecule has 1 heterocycles. The molecule has 0 unspecified atom stereocenters. The molecule has 98 valence electrons. The van der Waals surface area contributed by atoms with Gasteiger partial charge in [0, 0.05) is 11.8 Å². The van der Waals surface area contributed by atoms with Crippen molar-refractivity contribution in [3.8, 4) is 11.1 Å². The SMILES string of the molecule is O=c1c(-c2ccc(Cl)c(Cl)c2Cl)c[nH]cc1[N+](=O)[O-]. The van der Waals surface area contributed by atoms with E-state index in [9.17, 15) is 14.9 Å². The number of rotatable bonds is 2. The first kappa shape index (κ1) is 13.9. The van der Waals surface area contributed by atoms with Crippen molar-refractivity contribution < 1.29 is 4.92 Å². The molecular weight excluding hydrogens is 314 g/mol. The third-order valence-corrected chi connectivity index (χ3v) is 3.74. The van der Waals surface area contributed by atoms with Crippen molar-refractivity contribution in [3.63, 3.8) is 0 Å². The van der Waals surface area contributed by atoms with E-state index in [-0.39, 0.29) is 26.2 Å². The fourth-order valence-electron chi connectivity index (χ4n) is 1.54. The molecule has 1 aromatic heterocycles. The van der Waals surface area contributed by atoms with Crippen LogP contribution in [-0.2, 0) is 0 Å². The lowest BCUT2D eigenvalue weighted by molar-refractivity contribution is -0.386. The molecule has 0 aliphatic heterocycles. The van der Waals surface area contributed by atoms with E-state index in [1.807, 2.05) is 0 Å². The van der Waals surface area contributed by atoms with Crippen LogP contribution in [0, 0.1) is 10.1 Å². The third kappa shape index (κ3) is 2.45. The van der Waals surface area contributed by atoms with Crippen LogP contribution in [0.1, 0.15) is 0 Å². The van der Waals surface area contributed by atoms with Gasteiger partial charge < -0.3 is 4.98 Å². The van der Waals surface area contributed by atoms with Gasteiger partial charge in [-0.15, -0.1) is 0 Å². The highest BCUT2D eigenvalue weighted by Gasteiger charge is 2.19. The lowest BCUT2D eigenvalue weighted by Gasteiger charge is -2.06. The number of hydrogen-bond acceptors (Lipinski definition) is 3. The van der Waals surface area contributed by atoms with Gasteiger partial charge in [0.2, 0.25) is 0 Å². The van der Waals surface area contributed by atoms with E-state index < -0.39 is 16.0 Å². The number of pyridine rings is 1. The molecule has 2 aromatic rings. The molecule has 19 heavy (non-hydrogen) atoms. The minimum absolute atomic E-state index is 0.0535. The summed E-state index contributed by atoms with van der Waals surface area (Å²) in [4.78, 5) is 24.4. The highest BCUT2D eigenvalue weighted by atomic mass is 35.5. The van der Waals surface area contributed by atoms with Crippen LogP contribution in [0.4, 0.5) is 5.69 Å². The largest absolute Gasteiger partial charge is 0.361 e. The molecule has 1 aromatic carbocycles. The molecule has 0 aliphatic carbocycles. The molecule has 0 atom stereocenters. The number of nitrogens with one attached hydrogen (secondary N) is 1. The Morgan fingerprint density at radius 2 is 1.74 bits per heavy atom. The topological polar surface area (TPSA) is 76.0 Å². The third-order valence-electron chi connectivity index (χ3n) is 2.45. The Hall–Kier alpha value is -1.56. The van der Waals surface area contributed by atoms with Crippen molar-refractivity contribution in [2.75, 3.05) is 0 Å².